The maximum Gasteiger partial charge on any atom is 0.140 e. The number of ether oxygens (including phenoxy) is 1. The first-order valence-electron chi connectivity index (χ1n) is 4.32. The van der Waals surface area contributed by atoms with Crippen LogP contribution in [0.4, 0.5) is 5.00 Å². The number of benzene rings is 1. The lowest BCUT2D eigenvalue weighted by Gasteiger charge is -2.03. The Labute approximate surface area is 100 Å². The average Bonchev–Trinajstić information content (AvgIpc) is 2.64. The maximum atomic E-state index is 5.56. The first-order valence-corrected chi connectivity index (χ1v) is 5.93. The number of nitrogens with zero attached hydrogens (tertiary/aromatic N) is 1. The van der Waals surface area contributed by atoms with Crippen molar-refractivity contribution in [3.63, 3.8) is 0 Å². The van der Waals surface area contributed by atoms with Crippen LogP contribution in [0.2, 0.25) is 0 Å². The molecule has 1 aromatic heterocycles. The highest BCUT2D eigenvalue weighted by molar-refractivity contribution is 9.10. The summed E-state index contributed by atoms with van der Waals surface area (Å²) in [6.45, 7) is 0.462. The largest absolute Gasteiger partial charge is 0.486 e. The van der Waals surface area contributed by atoms with E-state index in [4.69, 9.17) is 10.5 Å². The van der Waals surface area contributed by atoms with Gasteiger partial charge in [-0.15, -0.1) is 0 Å². The molecule has 0 atom stereocenters. The lowest BCUT2D eigenvalue weighted by molar-refractivity contribution is 0.305. The highest BCUT2D eigenvalue weighted by atomic mass is 79.9. The van der Waals surface area contributed by atoms with Crippen molar-refractivity contribution < 1.29 is 4.74 Å². The minimum absolute atomic E-state index is 0.462. The second-order valence-electron chi connectivity index (χ2n) is 2.90. The Morgan fingerprint density at radius 2 is 2.07 bits per heavy atom. The number of nitrogens with two attached hydrogens (primary N) is 1. The SMILES string of the molecule is Nc1cnc(COc2ccc(Br)cc2)s1. The number of hydrogen-bond acceptors (Lipinski definition) is 4. The number of rotatable bonds is 3. The summed E-state index contributed by atoms with van der Waals surface area (Å²) in [5.74, 6) is 0.826. The minimum atomic E-state index is 0.462. The van der Waals surface area contributed by atoms with E-state index in [1.54, 1.807) is 6.20 Å². The van der Waals surface area contributed by atoms with Gasteiger partial charge in [-0.05, 0) is 24.3 Å². The molecule has 2 N–H and O–H groups in total. The summed E-state index contributed by atoms with van der Waals surface area (Å²) in [6.07, 6.45) is 1.64. The smallest absolute Gasteiger partial charge is 0.140 e. The van der Waals surface area contributed by atoms with Gasteiger partial charge in [-0.1, -0.05) is 27.3 Å². The fourth-order valence-electron chi connectivity index (χ4n) is 1.07. The molecule has 0 saturated carbocycles. The molecule has 0 amide bonds. The van der Waals surface area contributed by atoms with Gasteiger partial charge in [-0.2, -0.15) is 0 Å². The molecule has 0 saturated heterocycles. The molecule has 1 heterocycles. The van der Waals surface area contributed by atoms with Gasteiger partial charge in [0.05, 0.1) is 6.20 Å². The molecule has 5 heteroatoms. The van der Waals surface area contributed by atoms with Crippen molar-refractivity contribution in [3.8, 4) is 5.75 Å². The molecule has 0 aliphatic carbocycles. The van der Waals surface area contributed by atoms with Gasteiger partial charge in [0.25, 0.3) is 0 Å². The van der Waals surface area contributed by atoms with E-state index in [2.05, 4.69) is 20.9 Å². The third-order valence-electron chi connectivity index (χ3n) is 1.75. The van der Waals surface area contributed by atoms with Crippen molar-refractivity contribution in [2.24, 2.45) is 0 Å². The zero-order valence-corrected chi connectivity index (χ0v) is 10.2. The molecular formula is C10H9BrN2OS. The van der Waals surface area contributed by atoms with Gasteiger partial charge in [0.2, 0.25) is 0 Å². The summed E-state index contributed by atoms with van der Waals surface area (Å²) in [5.41, 5.74) is 5.56. The minimum Gasteiger partial charge on any atom is -0.486 e. The maximum absolute atomic E-state index is 5.56. The van der Waals surface area contributed by atoms with E-state index < -0.39 is 0 Å². The zero-order chi connectivity index (χ0) is 10.7. The second-order valence-corrected chi connectivity index (χ2v) is 4.96. The van der Waals surface area contributed by atoms with Crippen molar-refractivity contribution in [3.05, 3.63) is 39.9 Å². The highest BCUT2D eigenvalue weighted by Crippen LogP contribution is 2.19. The van der Waals surface area contributed by atoms with Crippen LogP contribution in [-0.2, 0) is 6.61 Å². The number of nitrogen functional groups attached to an aromatic ring is 1. The summed E-state index contributed by atoms with van der Waals surface area (Å²) >= 11 is 4.80. The van der Waals surface area contributed by atoms with Crippen LogP contribution >= 0.6 is 27.3 Å². The third-order valence-corrected chi connectivity index (χ3v) is 3.08. The Morgan fingerprint density at radius 3 is 2.67 bits per heavy atom. The average molecular weight is 285 g/mol. The van der Waals surface area contributed by atoms with Crippen LogP contribution in [-0.4, -0.2) is 4.98 Å². The number of halogens is 1. The highest BCUT2D eigenvalue weighted by Gasteiger charge is 2.00. The molecule has 78 valence electrons. The molecule has 0 radical (unpaired) electrons. The lowest BCUT2D eigenvalue weighted by atomic mass is 10.3. The predicted octanol–water partition coefficient (Wildman–Crippen LogP) is 3.07. The molecule has 0 unspecified atom stereocenters. The summed E-state index contributed by atoms with van der Waals surface area (Å²) in [7, 11) is 0. The van der Waals surface area contributed by atoms with Gasteiger partial charge in [-0.3, -0.25) is 0 Å². The number of thiazole rings is 1. The number of aromatic nitrogens is 1. The summed E-state index contributed by atoms with van der Waals surface area (Å²) < 4.78 is 6.57. The molecule has 0 aliphatic heterocycles. The van der Waals surface area contributed by atoms with E-state index in [-0.39, 0.29) is 0 Å². The molecule has 1 aromatic carbocycles. The third kappa shape index (κ3) is 2.94. The molecule has 2 rings (SSSR count). The van der Waals surface area contributed by atoms with E-state index in [0.717, 1.165) is 15.2 Å². The van der Waals surface area contributed by atoms with Crippen molar-refractivity contribution in [2.45, 2.75) is 6.61 Å². The Hall–Kier alpha value is -1.07. The lowest BCUT2D eigenvalue weighted by Crippen LogP contribution is -1.93. The Bertz CT molecular complexity index is 441. The Morgan fingerprint density at radius 1 is 1.33 bits per heavy atom. The quantitative estimate of drug-likeness (QED) is 0.942. The van der Waals surface area contributed by atoms with Crippen LogP contribution in [0.15, 0.2) is 34.9 Å². The standard InChI is InChI=1S/C10H9BrN2OS/c11-7-1-3-8(4-2-7)14-6-10-13-5-9(12)15-10/h1-5H,6,12H2. The van der Waals surface area contributed by atoms with Crippen LogP contribution in [0.1, 0.15) is 5.01 Å². The summed E-state index contributed by atoms with van der Waals surface area (Å²) in [4.78, 5) is 4.11. The van der Waals surface area contributed by atoms with E-state index in [1.807, 2.05) is 24.3 Å². The molecule has 0 bridgehead atoms. The molecule has 15 heavy (non-hydrogen) atoms. The van der Waals surface area contributed by atoms with Gasteiger partial charge in [0.15, 0.2) is 0 Å². The first kappa shape index (κ1) is 10.4. The van der Waals surface area contributed by atoms with Crippen LogP contribution in [0, 0.1) is 0 Å². The van der Waals surface area contributed by atoms with E-state index in [0.29, 0.717) is 11.6 Å². The molecule has 0 fully saturated rings. The van der Waals surface area contributed by atoms with Crippen molar-refractivity contribution in [2.75, 3.05) is 5.73 Å². The molecule has 0 spiro atoms. The van der Waals surface area contributed by atoms with Crippen LogP contribution in [0.25, 0.3) is 0 Å². The predicted molar refractivity (Wildman–Crippen MR) is 65.0 cm³/mol. The first-order chi connectivity index (χ1) is 7.24. The van der Waals surface area contributed by atoms with E-state index in [9.17, 15) is 0 Å². The van der Waals surface area contributed by atoms with Crippen molar-refractivity contribution in [1.29, 1.82) is 0 Å². The van der Waals surface area contributed by atoms with E-state index in [1.165, 1.54) is 11.3 Å². The monoisotopic (exact) mass is 284 g/mol. The van der Waals surface area contributed by atoms with Gasteiger partial charge >= 0.3 is 0 Å². The van der Waals surface area contributed by atoms with E-state index >= 15 is 0 Å². The van der Waals surface area contributed by atoms with Gasteiger partial charge in [0.1, 0.15) is 22.4 Å². The molecule has 3 nitrogen and oxygen atoms in total. The van der Waals surface area contributed by atoms with Crippen LogP contribution < -0.4 is 10.5 Å². The van der Waals surface area contributed by atoms with Crippen molar-refractivity contribution >= 4 is 32.3 Å². The second kappa shape index (κ2) is 4.63. The number of hydrogen-bond donors (Lipinski definition) is 1. The summed E-state index contributed by atoms with van der Waals surface area (Å²) in [6, 6.07) is 7.68. The molecular weight excluding hydrogens is 276 g/mol. The molecule has 0 aliphatic rings. The fourth-order valence-corrected chi connectivity index (χ4v) is 1.93. The number of anilines is 1. The van der Waals surface area contributed by atoms with Gasteiger partial charge in [0, 0.05) is 4.47 Å². The normalized spacial score (nSPS) is 10.2. The summed E-state index contributed by atoms with van der Waals surface area (Å²) in [5, 5.41) is 1.60. The van der Waals surface area contributed by atoms with Gasteiger partial charge < -0.3 is 10.5 Å². The topological polar surface area (TPSA) is 48.1 Å². The van der Waals surface area contributed by atoms with Crippen LogP contribution in [0.3, 0.4) is 0 Å². The fraction of sp³-hybridized carbons (Fsp3) is 0.100. The Kier molecular flexibility index (Phi) is 3.23. The van der Waals surface area contributed by atoms with Crippen molar-refractivity contribution in [1.82, 2.24) is 4.98 Å². The zero-order valence-electron chi connectivity index (χ0n) is 7.81. The van der Waals surface area contributed by atoms with Gasteiger partial charge in [-0.25, -0.2) is 4.98 Å². The Balaban J connectivity index is 1.96. The van der Waals surface area contributed by atoms with Crippen LogP contribution in [0.5, 0.6) is 5.75 Å². The molecule has 2 aromatic rings.